The van der Waals surface area contributed by atoms with E-state index in [1.165, 1.54) is 0 Å². The number of hydrogen-bond donors (Lipinski definition) is 5. The second kappa shape index (κ2) is 5.48. The van der Waals surface area contributed by atoms with E-state index in [1.54, 1.807) is 0 Å². The Morgan fingerprint density at radius 3 is 2.38 bits per heavy atom. The first-order chi connectivity index (χ1) is 7.18. The van der Waals surface area contributed by atoms with E-state index in [0.29, 0.717) is 0 Å². The summed E-state index contributed by atoms with van der Waals surface area (Å²) in [5.41, 5.74) is 5.35. The molecular formula is C7H19NO6P2+2. The number of nitrogens with two attached hydrogens (primary N) is 1. The summed E-state index contributed by atoms with van der Waals surface area (Å²) in [5.74, 6) is -0.706. The minimum atomic E-state index is -4.10. The molecule has 0 aliphatic carbocycles. The Morgan fingerprint density at radius 1 is 1.31 bits per heavy atom. The maximum atomic E-state index is 9.54. The van der Waals surface area contributed by atoms with Crippen LogP contribution in [0.15, 0.2) is 0 Å². The Morgan fingerprint density at radius 2 is 1.94 bits per heavy atom. The van der Waals surface area contributed by atoms with E-state index in [9.17, 15) is 4.89 Å². The van der Waals surface area contributed by atoms with Crippen LogP contribution in [-0.2, 0) is 9.26 Å². The predicted molar refractivity (Wildman–Crippen MR) is 61.3 cm³/mol. The second-order valence-corrected chi connectivity index (χ2v) is 8.32. The van der Waals surface area contributed by atoms with Crippen LogP contribution >= 0.6 is 15.8 Å². The van der Waals surface area contributed by atoms with Gasteiger partial charge in [0.15, 0.2) is 0 Å². The molecule has 1 fully saturated rings. The highest BCUT2D eigenvalue weighted by molar-refractivity contribution is 7.78. The first kappa shape index (κ1) is 14.6. The lowest BCUT2D eigenvalue weighted by Gasteiger charge is -2.15. The zero-order valence-corrected chi connectivity index (χ0v) is 10.8. The third-order valence-corrected chi connectivity index (χ3v) is 5.93. The second-order valence-electron chi connectivity index (χ2n) is 4.03. The topological polar surface area (TPSA) is 125 Å². The summed E-state index contributed by atoms with van der Waals surface area (Å²) >= 11 is 0. The van der Waals surface area contributed by atoms with Gasteiger partial charge in [-0.15, -0.1) is 0 Å². The first-order valence-corrected chi connectivity index (χ1v) is 8.68. The van der Waals surface area contributed by atoms with Gasteiger partial charge in [-0.3, -0.25) is 0 Å². The normalized spacial score (nSPS) is 30.4. The summed E-state index contributed by atoms with van der Waals surface area (Å²) in [5, 5.41) is 0. The van der Waals surface area contributed by atoms with Crippen molar-refractivity contribution in [3.8, 4) is 0 Å². The van der Waals surface area contributed by atoms with Crippen molar-refractivity contribution in [3.05, 3.63) is 0 Å². The van der Waals surface area contributed by atoms with Gasteiger partial charge in [-0.2, -0.15) is 29.6 Å². The first-order valence-electron chi connectivity index (χ1n) is 4.94. The quantitative estimate of drug-likeness (QED) is 0.446. The Kier molecular flexibility index (Phi) is 5.02. The molecule has 0 amide bonds. The Labute approximate surface area is 95.3 Å². The fourth-order valence-electron chi connectivity index (χ4n) is 1.53. The average Bonchev–Trinajstić information content (AvgIpc) is 2.44. The van der Waals surface area contributed by atoms with E-state index in [2.05, 4.69) is 0 Å². The van der Waals surface area contributed by atoms with Crippen molar-refractivity contribution < 1.29 is 28.8 Å². The van der Waals surface area contributed by atoms with Crippen LogP contribution in [0.5, 0.6) is 0 Å². The van der Waals surface area contributed by atoms with Crippen LogP contribution in [0, 0.1) is 0 Å². The van der Waals surface area contributed by atoms with Gasteiger partial charge < -0.3 is 4.74 Å². The average molecular weight is 275 g/mol. The fraction of sp³-hybridized carbons (Fsp3) is 1.00. The zero-order chi connectivity index (χ0) is 12.4. The molecule has 6 N–H and O–H groups in total. The molecule has 0 aromatic carbocycles. The van der Waals surface area contributed by atoms with Crippen molar-refractivity contribution in [2.75, 3.05) is 12.5 Å². The predicted octanol–water partition coefficient (Wildman–Crippen LogP) is -0.0189. The summed E-state index contributed by atoms with van der Waals surface area (Å²) in [6, 6.07) is 0. The summed E-state index contributed by atoms with van der Waals surface area (Å²) in [6.07, 6.45) is 1.78. The van der Waals surface area contributed by atoms with E-state index in [1.807, 2.05) is 6.92 Å². The van der Waals surface area contributed by atoms with Crippen molar-refractivity contribution in [1.82, 2.24) is 0 Å². The van der Waals surface area contributed by atoms with Gasteiger partial charge in [0.25, 0.3) is 0 Å². The Bertz CT molecular complexity index is 233. The standard InChI is InChI=1S/C7H19NO6P2/c1-6-2-3-7(14-6)4-13-15(8,9)5-16(10,11)12/h6-7,9-12H,2-5,8H2,1H3/q+2. The highest BCUT2D eigenvalue weighted by Crippen LogP contribution is 2.62. The molecule has 1 rings (SSSR count). The molecule has 0 spiro atoms. The molecular weight excluding hydrogens is 256 g/mol. The van der Waals surface area contributed by atoms with Crippen LogP contribution in [0.1, 0.15) is 19.8 Å². The van der Waals surface area contributed by atoms with Crippen molar-refractivity contribution >= 4 is 15.8 Å². The molecule has 1 heterocycles. The number of rotatable bonds is 5. The van der Waals surface area contributed by atoms with Gasteiger partial charge in [-0.1, -0.05) is 0 Å². The SMILES string of the molecule is CC1CCC(CO[P+](N)(O)C[P+](O)(O)O)O1. The lowest BCUT2D eigenvalue weighted by atomic mass is 10.2. The van der Waals surface area contributed by atoms with Gasteiger partial charge in [0.2, 0.25) is 0 Å². The summed E-state index contributed by atoms with van der Waals surface area (Å²) in [6.45, 7) is 2.04. The number of ether oxygens (including phenoxy) is 1. The van der Waals surface area contributed by atoms with Gasteiger partial charge in [0, 0.05) is 0 Å². The molecule has 0 saturated carbocycles. The smallest absolute Gasteiger partial charge is 0.373 e. The van der Waals surface area contributed by atoms with E-state index in [0.717, 1.165) is 12.8 Å². The van der Waals surface area contributed by atoms with E-state index < -0.39 is 21.7 Å². The Balaban J connectivity index is 2.30. The van der Waals surface area contributed by atoms with Gasteiger partial charge >= 0.3 is 21.7 Å². The van der Waals surface area contributed by atoms with Gasteiger partial charge in [-0.05, 0) is 19.8 Å². The molecule has 0 aromatic heterocycles. The van der Waals surface area contributed by atoms with Gasteiger partial charge in [0.1, 0.15) is 6.61 Å². The highest BCUT2D eigenvalue weighted by atomic mass is 31.3. The van der Waals surface area contributed by atoms with Gasteiger partial charge in [0.05, 0.1) is 12.2 Å². The van der Waals surface area contributed by atoms with Crippen molar-refractivity contribution in [3.63, 3.8) is 0 Å². The van der Waals surface area contributed by atoms with Crippen molar-refractivity contribution in [2.45, 2.75) is 32.0 Å². The van der Waals surface area contributed by atoms with Crippen LogP contribution in [0.4, 0.5) is 0 Å². The summed E-state index contributed by atoms with van der Waals surface area (Å²) < 4.78 is 10.4. The van der Waals surface area contributed by atoms with Crippen LogP contribution in [-0.4, -0.2) is 44.3 Å². The molecule has 96 valence electrons. The third kappa shape index (κ3) is 5.77. The summed E-state index contributed by atoms with van der Waals surface area (Å²) in [7, 11) is -7.52. The summed E-state index contributed by atoms with van der Waals surface area (Å²) in [4.78, 5) is 35.9. The third-order valence-electron chi connectivity index (χ3n) is 2.20. The van der Waals surface area contributed by atoms with Crippen LogP contribution in [0.25, 0.3) is 0 Å². The van der Waals surface area contributed by atoms with Gasteiger partial charge in [-0.25, -0.2) is 0 Å². The van der Waals surface area contributed by atoms with Crippen LogP contribution in [0.2, 0.25) is 0 Å². The molecule has 3 unspecified atom stereocenters. The maximum absolute atomic E-state index is 9.54. The molecule has 1 aliphatic rings. The Hall–Kier alpha value is 0.580. The molecule has 7 nitrogen and oxygen atoms in total. The maximum Gasteiger partial charge on any atom is 0.450 e. The molecule has 16 heavy (non-hydrogen) atoms. The molecule has 9 heteroatoms. The largest absolute Gasteiger partial charge is 0.450 e. The minimum Gasteiger partial charge on any atom is -0.373 e. The molecule has 3 atom stereocenters. The molecule has 1 aliphatic heterocycles. The van der Waals surface area contributed by atoms with E-state index in [4.69, 9.17) is 29.4 Å². The highest BCUT2D eigenvalue weighted by Gasteiger charge is 2.51. The monoisotopic (exact) mass is 275 g/mol. The van der Waals surface area contributed by atoms with Crippen molar-refractivity contribution in [1.29, 1.82) is 0 Å². The fourth-order valence-corrected chi connectivity index (χ4v) is 4.46. The lowest BCUT2D eigenvalue weighted by molar-refractivity contribution is 0.0253. The zero-order valence-electron chi connectivity index (χ0n) is 9.06. The minimum absolute atomic E-state index is 0.102. The van der Waals surface area contributed by atoms with Crippen LogP contribution in [0.3, 0.4) is 0 Å². The molecule has 1 saturated heterocycles. The molecule has 0 aromatic rings. The van der Waals surface area contributed by atoms with E-state index in [-0.39, 0.29) is 18.8 Å². The molecule has 0 bridgehead atoms. The number of hydrogen-bond acceptors (Lipinski definition) is 7. The van der Waals surface area contributed by atoms with Crippen LogP contribution < -0.4 is 5.50 Å². The lowest BCUT2D eigenvalue weighted by Crippen LogP contribution is -2.21. The van der Waals surface area contributed by atoms with E-state index >= 15 is 0 Å². The van der Waals surface area contributed by atoms with Crippen molar-refractivity contribution in [2.24, 2.45) is 5.50 Å². The molecule has 0 radical (unpaired) electrons.